The Kier molecular flexibility index (Phi) is 2.02. The van der Waals surface area contributed by atoms with Gasteiger partial charge in [-0.05, 0) is 18.6 Å². The van der Waals surface area contributed by atoms with Crippen LogP contribution in [0.4, 0.5) is 0 Å². The number of aromatic nitrogens is 1. The van der Waals surface area contributed by atoms with Gasteiger partial charge in [-0.3, -0.25) is 9.78 Å². The van der Waals surface area contributed by atoms with Crippen molar-refractivity contribution in [2.45, 2.75) is 6.92 Å². The van der Waals surface area contributed by atoms with E-state index in [2.05, 4.69) is 4.98 Å². The molecule has 0 atom stereocenters. The minimum atomic E-state index is -0.154. The van der Waals surface area contributed by atoms with Gasteiger partial charge in [0.05, 0.1) is 0 Å². The Hall–Kier alpha value is -0.890. The predicted molar refractivity (Wildman–Crippen MR) is 40.3 cm³/mol. The van der Waals surface area contributed by atoms with Gasteiger partial charge < -0.3 is 0 Å². The van der Waals surface area contributed by atoms with Crippen molar-refractivity contribution in [2.24, 2.45) is 0 Å². The Morgan fingerprint density at radius 3 is 3.00 bits per heavy atom. The van der Waals surface area contributed by atoms with Gasteiger partial charge in [0.2, 0.25) is 5.43 Å². The van der Waals surface area contributed by atoms with E-state index >= 15 is 0 Å². The van der Waals surface area contributed by atoms with E-state index in [-0.39, 0.29) is 10.5 Å². The summed E-state index contributed by atoms with van der Waals surface area (Å²) in [5.41, 5.74) is 0.460. The molecule has 0 bridgehead atoms. The summed E-state index contributed by atoms with van der Waals surface area (Å²) < 4.78 is 0. The fourth-order valence-corrected chi connectivity index (χ4v) is 0.791. The van der Waals surface area contributed by atoms with Gasteiger partial charge in [-0.1, -0.05) is 11.6 Å². The zero-order valence-corrected chi connectivity index (χ0v) is 6.22. The molecule has 0 saturated carbocycles. The molecule has 1 aromatic heterocycles. The molecular formula is C7H6ClNO. The fraction of sp³-hybridized carbons (Fsp3) is 0.143. The van der Waals surface area contributed by atoms with Crippen molar-refractivity contribution in [3.8, 4) is 0 Å². The summed E-state index contributed by atoms with van der Waals surface area (Å²) in [5, 5.41) is 0.169. The van der Waals surface area contributed by atoms with Crippen LogP contribution in [0.5, 0.6) is 0 Å². The zero-order chi connectivity index (χ0) is 7.56. The largest absolute Gasteiger partial charge is 0.288 e. The van der Waals surface area contributed by atoms with Crippen LogP contribution in [0.25, 0.3) is 0 Å². The quantitative estimate of drug-likeness (QED) is 0.567. The third-order valence-electron chi connectivity index (χ3n) is 1.17. The number of hydrogen-bond donors (Lipinski definition) is 0. The number of nitrogens with zero attached hydrogens (tertiary/aromatic N) is 1. The summed E-state index contributed by atoms with van der Waals surface area (Å²) in [4.78, 5) is 14.7. The third kappa shape index (κ3) is 1.33. The Morgan fingerprint density at radius 2 is 2.30 bits per heavy atom. The molecule has 1 heterocycles. The highest BCUT2D eigenvalue weighted by molar-refractivity contribution is 6.30. The summed E-state index contributed by atoms with van der Waals surface area (Å²) in [5.74, 6) is 0. The lowest BCUT2D eigenvalue weighted by atomic mass is 10.3. The van der Waals surface area contributed by atoms with Crippen molar-refractivity contribution in [2.75, 3.05) is 0 Å². The lowest BCUT2D eigenvalue weighted by Crippen LogP contribution is -2.00. The second-order valence-corrected chi connectivity index (χ2v) is 2.36. The first kappa shape index (κ1) is 7.22. The summed E-state index contributed by atoms with van der Waals surface area (Å²) in [6.45, 7) is 1.70. The normalized spacial score (nSPS) is 9.40. The molecule has 10 heavy (non-hydrogen) atoms. The van der Waals surface area contributed by atoms with E-state index in [9.17, 15) is 4.79 Å². The van der Waals surface area contributed by atoms with E-state index in [0.717, 1.165) is 0 Å². The molecule has 1 rings (SSSR count). The van der Waals surface area contributed by atoms with Crippen LogP contribution in [0.1, 0.15) is 5.56 Å². The first-order valence-corrected chi connectivity index (χ1v) is 3.20. The van der Waals surface area contributed by atoms with Gasteiger partial charge in [-0.25, -0.2) is 0 Å². The lowest BCUT2D eigenvalue weighted by Gasteiger charge is -1.78. The molecular weight excluding hydrogens is 150 g/mol. The molecule has 0 spiro atoms. The van der Waals surface area contributed by atoms with Crippen LogP contribution < -0.4 is 5.43 Å². The molecule has 2 nitrogen and oxygen atoms in total. The fourth-order valence-electron chi connectivity index (χ4n) is 0.586. The molecule has 0 aromatic carbocycles. The van der Waals surface area contributed by atoms with E-state index in [1.54, 1.807) is 19.2 Å². The van der Waals surface area contributed by atoms with E-state index in [4.69, 9.17) is 11.6 Å². The van der Waals surface area contributed by atoms with E-state index < -0.39 is 0 Å². The standard InChI is InChI=1S/C7H6ClNO/c1-5-2-3-9-4-6(8)7(5)10/h2-4H,1H3. The zero-order valence-electron chi connectivity index (χ0n) is 5.47. The van der Waals surface area contributed by atoms with Gasteiger partial charge in [0.1, 0.15) is 5.02 Å². The third-order valence-corrected chi connectivity index (χ3v) is 1.44. The van der Waals surface area contributed by atoms with Crippen LogP contribution in [0.2, 0.25) is 5.02 Å². The molecule has 3 heteroatoms. The average Bonchev–Trinajstić information content (AvgIpc) is 2.04. The maximum Gasteiger partial charge on any atom is 0.201 e. The summed E-state index contributed by atoms with van der Waals surface area (Å²) >= 11 is 5.52. The van der Waals surface area contributed by atoms with Crippen molar-refractivity contribution >= 4 is 11.6 Å². The highest BCUT2D eigenvalue weighted by atomic mass is 35.5. The Labute approximate surface area is 63.5 Å². The molecule has 0 unspecified atom stereocenters. The lowest BCUT2D eigenvalue weighted by molar-refractivity contribution is 1.36. The van der Waals surface area contributed by atoms with Gasteiger partial charge in [0, 0.05) is 12.4 Å². The Morgan fingerprint density at radius 1 is 1.60 bits per heavy atom. The van der Waals surface area contributed by atoms with Crippen molar-refractivity contribution < 1.29 is 0 Å². The van der Waals surface area contributed by atoms with Gasteiger partial charge in [-0.15, -0.1) is 0 Å². The number of halogens is 1. The SMILES string of the molecule is Cc1ccncc(Cl)c1=O. The summed E-state index contributed by atoms with van der Waals surface area (Å²) in [6.07, 6.45) is 2.89. The first-order valence-electron chi connectivity index (χ1n) is 2.82. The molecule has 52 valence electrons. The van der Waals surface area contributed by atoms with Gasteiger partial charge in [-0.2, -0.15) is 0 Å². The van der Waals surface area contributed by atoms with Gasteiger partial charge in [0.15, 0.2) is 0 Å². The van der Waals surface area contributed by atoms with Crippen LogP contribution in [0, 0.1) is 6.92 Å². The van der Waals surface area contributed by atoms with Gasteiger partial charge in [0.25, 0.3) is 0 Å². The molecule has 0 aliphatic carbocycles. The minimum absolute atomic E-state index is 0.154. The molecule has 0 amide bonds. The smallest absolute Gasteiger partial charge is 0.201 e. The van der Waals surface area contributed by atoms with Crippen molar-refractivity contribution in [1.82, 2.24) is 4.98 Å². The highest BCUT2D eigenvalue weighted by Crippen LogP contribution is 1.96. The molecule has 0 N–H and O–H groups in total. The molecule has 0 aliphatic rings. The Bertz CT molecular complexity index is 270. The van der Waals surface area contributed by atoms with E-state index in [0.29, 0.717) is 5.56 Å². The molecule has 0 radical (unpaired) electrons. The highest BCUT2D eigenvalue weighted by Gasteiger charge is 1.94. The summed E-state index contributed by atoms with van der Waals surface area (Å²) in [7, 11) is 0. The topological polar surface area (TPSA) is 30.0 Å². The van der Waals surface area contributed by atoms with Crippen LogP contribution in [0.3, 0.4) is 0 Å². The summed E-state index contributed by atoms with van der Waals surface area (Å²) in [6, 6.07) is 1.63. The van der Waals surface area contributed by atoms with E-state index in [1.807, 2.05) is 0 Å². The molecule has 0 saturated heterocycles. The molecule has 0 fully saturated rings. The minimum Gasteiger partial charge on any atom is -0.288 e. The first-order chi connectivity index (χ1) is 4.72. The van der Waals surface area contributed by atoms with Crippen LogP contribution in [-0.4, -0.2) is 4.98 Å². The molecule has 1 aromatic rings. The number of aryl methyl sites for hydroxylation is 1. The number of hydrogen-bond acceptors (Lipinski definition) is 2. The van der Waals surface area contributed by atoms with Crippen LogP contribution in [0.15, 0.2) is 23.3 Å². The maximum absolute atomic E-state index is 11.0. The predicted octanol–water partition coefficient (Wildman–Crippen LogP) is 1.40. The monoisotopic (exact) mass is 155 g/mol. The Balaban J connectivity index is 3.53. The molecule has 0 aliphatic heterocycles. The second-order valence-electron chi connectivity index (χ2n) is 1.95. The van der Waals surface area contributed by atoms with Crippen molar-refractivity contribution in [1.29, 1.82) is 0 Å². The van der Waals surface area contributed by atoms with Crippen molar-refractivity contribution in [3.63, 3.8) is 0 Å². The number of rotatable bonds is 0. The van der Waals surface area contributed by atoms with Crippen LogP contribution in [-0.2, 0) is 0 Å². The van der Waals surface area contributed by atoms with E-state index in [1.165, 1.54) is 6.20 Å². The average molecular weight is 156 g/mol. The van der Waals surface area contributed by atoms with Crippen molar-refractivity contribution in [3.05, 3.63) is 39.3 Å². The maximum atomic E-state index is 11.0. The van der Waals surface area contributed by atoms with Crippen LogP contribution >= 0.6 is 11.6 Å². The van der Waals surface area contributed by atoms with Gasteiger partial charge >= 0.3 is 0 Å². The second kappa shape index (κ2) is 2.80.